The molecule has 0 aromatic heterocycles. The summed E-state index contributed by atoms with van der Waals surface area (Å²) in [6, 6.07) is 8.15. The van der Waals surface area contributed by atoms with Gasteiger partial charge < -0.3 is 5.32 Å². The molecule has 0 aliphatic heterocycles. The van der Waals surface area contributed by atoms with Crippen LogP contribution in [-0.4, -0.2) is 19.4 Å². The molecule has 0 spiro atoms. The van der Waals surface area contributed by atoms with E-state index in [-0.39, 0.29) is 11.7 Å². The lowest BCUT2D eigenvalue weighted by Crippen LogP contribution is -2.30. The lowest BCUT2D eigenvalue weighted by atomic mass is 9.87. The van der Waals surface area contributed by atoms with Crippen LogP contribution in [0.3, 0.4) is 0 Å². The molecule has 0 amide bonds. The summed E-state index contributed by atoms with van der Waals surface area (Å²) in [5, 5.41) is 3.12. The molecule has 0 aliphatic rings. The molecule has 0 fully saturated rings. The molecule has 2 unspecified atom stereocenters. The number of Topliss-reactive ketones (excluding diaryl/α,β-unsaturated/α-hetero) is 1. The Hall–Kier alpha value is -1.15. The van der Waals surface area contributed by atoms with Crippen molar-refractivity contribution in [3.05, 3.63) is 35.4 Å². The van der Waals surface area contributed by atoms with E-state index in [0.717, 1.165) is 18.5 Å². The highest BCUT2D eigenvalue weighted by Crippen LogP contribution is 2.21. The van der Waals surface area contributed by atoms with Crippen molar-refractivity contribution in [1.29, 1.82) is 0 Å². The van der Waals surface area contributed by atoms with E-state index in [1.165, 1.54) is 5.56 Å². The van der Waals surface area contributed by atoms with E-state index in [2.05, 4.69) is 45.1 Å². The van der Waals surface area contributed by atoms with Gasteiger partial charge in [-0.3, -0.25) is 4.79 Å². The third kappa shape index (κ3) is 4.17. The molecule has 19 heavy (non-hydrogen) atoms. The summed E-state index contributed by atoms with van der Waals surface area (Å²) in [7, 11) is 1.90. The Bertz CT molecular complexity index is 394. The van der Waals surface area contributed by atoms with Crippen LogP contribution in [0.2, 0.25) is 0 Å². The minimum Gasteiger partial charge on any atom is -0.319 e. The third-order valence-corrected chi connectivity index (χ3v) is 3.94. The third-order valence-electron chi connectivity index (χ3n) is 3.94. The fraction of sp³-hybridized carbons (Fsp3) is 0.588. The molecule has 0 heterocycles. The maximum Gasteiger partial charge on any atom is 0.167 e. The van der Waals surface area contributed by atoms with Gasteiger partial charge in [-0.1, -0.05) is 52.0 Å². The zero-order chi connectivity index (χ0) is 14.4. The highest BCUT2D eigenvalue weighted by molar-refractivity contribution is 5.98. The molecule has 1 rings (SSSR count). The molecule has 2 atom stereocenters. The van der Waals surface area contributed by atoms with E-state index in [4.69, 9.17) is 0 Å². The van der Waals surface area contributed by atoms with E-state index in [1.54, 1.807) is 0 Å². The topological polar surface area (TPSA) is 29.1 Å². The van der Waals surface area contributed by atoms with Gasteiger partial charge in [-0.05, 0) is 30.9 Å². The molecule has 1 aromatic carbocycles. The van der Waals surface area contributed by atoms with Crippen LogP contribution < -0.4 is 5.32 Å². The zero-order valence-corrected chi connectivity index (χ0v) is 12.9. The Labute approximate surface area is 117 Å². The number of hydrogen-bond donors (Lipinski definition) is 1. The molecule has 0 bridgehead atoms. The van der Waals surface area contributed by atoms with Crippen LogP contribution in [0.15, 0.2) is 24.3 Å². The van der Waals surface area contributed by atoms with Gasteiger partial charge in [0.2, 0.25) is 0 Å². The lowest BCUT2D eigenvalue weighted by Gasteiger charge is -2.19. The molecule has 2 nitrogen and oxygen atoms in total. The number of benzene rings is 1. The molecule has 0 saturated heterocycles. The first-order chi connectivity index (χ1) is 9.01. The summed E-state index contributed by atoms with van der Waals surface area (Å²) >= 11 is 0. The van der Waals surface area contributed by atoms with Crippen molar-refractivity contribution in [2.75, 3.05) is 13.6 Å². The number of carbonyl (C=O) groups is 1. The molecular weight excluding hydrogens is 234 g/mol. The normalized spacial score (nSPS) is 14.4. The second kappa shape index (κ2) is 7.44. The zero-order valence-electron chi connectivity index (χ0n) is 12.9. The van der Waals surface area contributed by atoms with E-state index in [1.807, 2.05) is 19.2 Å². The quantitative estimate of drug-likeness (QED) is 0.755. The molecule has 0 aliphatic carbocycles. The van der Waals surface area contributed by atoms with Crippen LogP contribution >= 0.6 is 0 Å². The standard InChI is InChI=1S/C17H27NO/c1-6-13(4)14-7-9-15(10-8-14)17(19)16(11-18-5)12(2)3/h7-10,12-13,16,18H,6,11H2,1-5H3. The molecule has 106 valence electrons. The van der Waals surface area contributed by atoms with Gasteiger partial charge in [-0.25, -0.2) is 0 Å². The predicted molar refractivity (Wildman–Crippen MR) is 81.7 cm³/mol. The van der Waals surface area contributed by atoms with Crippen molar-refractivity contribution in [3.8, 4) is 0 Å². The van der Waals surface area contributed by atoms with Crippen LogP contribution in [0, 0.1) is 11.8 Å². The Morgan fingerprint density at radius 1 is 1.16 bits per heavy atom. The monoisotopic (exact) mass is 261 g/mol. The summed E-state index contributed by atoms with van der Waals surface area (Å²) < 4.78 is 0. The van der Waals surface area contributed by atoms with E-state index in [0.29, 0.717) is 11.8 Å². The Balaban J connectivity index is 2.87. The van der Waals surface area contributed by atoms with Crippen molar-refractivity contribution in [2.45, 2.75) is 40.0 Å². The van der Waals surface area contributed by atoms with E-state index < -0.39 is 0 Å². The van der Waals surface area contributed by atoms with Gasteiger partial charge in [0.05, 0.1) is 0 Å². The van der Waals surface area contributed by atoms with Gasteiger partial charge in [0.1, 0.15) is 0 Å². The summed E-state index contributed by atoms with van der Waals surface area (Å²) in [6.07, 6.45) is 1.13. The van der Waals surface area contributed by atoms with E-state index >= 15 is 0 Å². The van der Waals surface area contributed by atoms with Gasteiger partial charge in [0.15, 0.2) is 5.78 Å². The Morgan fingerprint density at radius 2 is 1.74 bits per heavy atom. The first kappa shape index (κ1) is 15.9. The van der Waals surface area contributed by atoms with Crippen LogP contribution in [-0.2, 0) is 0 Å². The number of carbonyl (C=O) groups excluding carboxylic acids is 1. The van der Waals surface area contributed by atoms with Gasteiger partial charge in [0, 0.05) is 18.0 Å². The van der Waals surface area contributed by atoms with Gasteiger partial charge in [0.25, 0.3) is 0 Å². The van der Waals surface area contributed by atoms with Crippen molar-refractivity contribution in [1.82, 2.24) is 5.32 Å². The number of ketones is 1. The molecule has 0 radical (unpaired) electrons. The smallest absolute Gasteiger partial charge is 0.167 e. The van der Waals surface area contributed by atoms with Crippen molar-refractivity contribution >= 4 is 5.78 Å². The SMILES string of the molecule is CCC(C)c1ccc(C(=O)C(CNC)C(C)C)cc1. The van der Waals surface area contributed by atoms with E-state index in [9.17, 15) is 4.79 Å². The summed E-state index contributed by atoms with van der Waals surface area (Å²) in [5.74, 6) is 1.22. The molecule has 1 N–H and O–H groups in total. The van der Waals surface area contributed by atoms with Crippen LogP contribution in [0.4, 0.5) is 0 Å². The predicted octanol–water partition coefficient (Wildman–Crippen LogP) is 3.87. The first-order valence-corrected chi connectivity index (χ1v) is 7.30. The summed E-state index contributed by atoms with van der Waals surface area (Å²) in [4.78, 5) is 12.5. The summed E-state index contributed by atoms with van der Waals surface area (Å²) in [6.45, 7) is 9.35. The first-order valence-electron chi connectivity index (χ1n) is 7.30. The van der Waals surface area contributed by atoms with Gasteiger partial charge in [-0.15, -0.1) is 0 Å². The molecule has 2 heteroatoms. The fourth-order valence-corrected chi connectivity index (χ4v) is 2.28. The largest absolute Gasteiger partial charge is 0.319 e. The lowest BCUT2D eigenvalue weighted by molar-refractivity contribution is 0.0886. The minimum atomic E-state index is 0.0550. The molecule has 0 saturated carbocycles. The average Bonchev–Trinajstić information content (AvgIpc) is 2.43. The molecular formula is C17H27NO. The van der Waals surface area contributed by atoms with Crippen molar-refractivity contribution in [3.63, 3.8) is 0 Å². The van der Waals surface area contributed by atoms with Crippen LogP contribution in [0.25, 0.3) is 0 Å². The number of hydrogen-bond acceptors (Lipinski definition) is 2. The maximum atomic E-state index is 12.5. The number of nitrogens with one attached hydrogen (secondary N) is 1. The second-order valence-electron chi connectivity index (χ2n) is 5.70. The fourth-order valence-electron chi connectivity index (χ4n) is 2.28. The van der Waals surface area contributed by atoms with Crippen LogP contribution in [0.1, 0.15) is 56.0 Å². The van der Waals surface area contributed by atoms with Gasteiger partial charge >= 0.3 is 0 Å². The van der Waals surface area contributed by atoms with Gasteiger partial charge in [-0.2, -0.15) is 0 Å². The second-order valence-corrected chi connectivity index (χ2v) is 5.70. The molecule has 1 aromatic rings. The van der Waals surface area contributed by atoms with Crippen molar-refractivity contribution < 1.29 is 4.79 Å². The minimum absolute atomic E-state index is 0.0550. The highest BCUT2D eigenvalue weighted by atomic mass is 16.1. The Kier molecular flexibility index (Phi) is 6.23. The van der Waals surface area contributed by atoms with Crippen molar-refractivity contribution in [2.24, 2.45) is 11.8 Å². The summed E-state index contributed by atoms with van der Waals surface area (Å²) in [5.41, 5.74) is 2.15. The van der Waals surface area contributed by atoms with Crippen LogP contribution in [0.5, 0.6) is 0 Å². The number of rotatable bonds is 7. The maximum absolute atomic E-state index is 12.5. The Morgan fingerprint density at radius 3 is 2.16 bits per heavy atom. The highest BCUT2D eigenvalue weighted by Gasteiger charge is 2.22. The average molecular weight is 261 g/mol.